The Bertz CT molecular complexity index is 616. The van der Waals surface area contributed by atoms with Gasteiger partial charge in [0.25, 0.3) is 5.69 Å². The molecule has 21 heavy (non-hydrogen) atoms. The zero-order valence-electron chi connectivity index (χ0n) is 11.5. The van der Waals surface area contributed by atoms with Crippen LogP contribution in [0.4, 0.5) is 17.1 Å². The van der Waals surface area contributed by atoms with E-state index in [9.17, 15) is 10.1 Å². The molecule has 2 aromatic carbocycles. The number of nitro benzene ring substituents is 1. The van der Waals surface area contributed by atoms with Crippen molar-refractivity contribution in [3.8, 4) is 0 Å². The van der Waals surface area contributed by atoms with Crippen molar-refractivity contribution in [2.45, 2.75) is 12.5 Å². The summed E-state index contributed by atoms with van der Waals surface area (Å²) in [5.41, 5.74) is 13.6. The molecule has 0 amide bonds. The molecule has 0 aromatic heterocycles. The average molecular weight is 286 g/mol. The lowest BCUT2D eigenvalue weighted by molar-refractivity contribution is -0.383. The van der Waals surface area contributed by atoms with Gasteiger partial charge in [0, 0.05) is 24.3 Å². The van der Waals surface area contributed by atoms with Gasteiger partial charge in [-0.1, -0.05) is 30.3 Å². The van der Waals surface area contributed by atoms with Crippen LogP contribution in [-0.4, -0.2) is 11.5 Å². The van der Waals surface area contributed by atoms with Gasteiger partial charge in [0.1, 0.15) is 5.69 Å². The molecule has 0 spiro atoms. The summed E-state index contributed by atoms with van der Waals surface area (Å²) in [6.07, 6.45) is 0.751. The summed E-state index contributed by atoms with van der Waals surface area (Å²) < 4.78 is 0. The summed E-state index contributed by atoms with van der Waals surface area (Å²) in [5, 5.41) is 13.9. The molecule has 1 atom stereocenters. The third kappa shape index (κ3) is 3.93. The van der Waals surface area contributed by atoms with Crippen molar-refractivity contribution < 1.29 is 4.92 Å². The Kier molecular flexibility index (Phi) is 4.73. The second-order valence-corrected chi connectivity index (χ2v) is 4.76. The normalized spacial score (nSPS) is 11.9. The minimum atomic E-state index is -0.496. The largest absolute Gasteiger partial charge is 0.393 e. The van der Waals surface area contributed by atoms with Crippen molar-refractivity contribution in [2.24, 2.45) is 5.73 Å². The fraction of sp³-hybridized carbons (Fsp3) is 0.200. The predicted octanol–water partition coefficient (Wildman–Crippen LogP) is 2.68. The molecule has 0 heterocycles. The molecule has 1 unspecified atom stereocenters. The van der Waals surface area contributed by atoms with Gasteiger partial charge >= 0.3 is 0 Å². The fourth-order valence-electron chi connectivity index (χ4n) is 2.07. The zero-order valence-corrected chi connectivity index (χ0v) is 11.5. The number of nitrogens with one attached hydrogen (secondary N) is 1. The molecule has 0 fully saturated rings. The van der Waals surface area contributed by atoms with E-state index < -0.39 is 4.92 Å². The van der Waals surface area contributed by atoms with Gasteiger partial charge in [-0.15, -0.1) is 0 Å². The second kappa shape index (κ2) is 6.71. The van der Waals surface area contributed by atoms with Crippen molar-refractivity contribution >= 4 is 17.1 Å². The van der Waals surface area contributed by atoms with Crippen molar-refractivity contribution in [1.29, 1.82) is 0 Å². The van der Waals surface area contributed by atoms with Crippen molar-refractivity contribution in [2.75, 3.05) is 17.6 Å². The molecule has 2 rings (SSSR count). The number of nitrogens with zero attached hydrogens (tertiary/aromatic N) is 1. The number of anilines is 2. The van der Waals surface area contributed by atoms with Crippen molar-refractivity contribution in [1.82, 2.24) is 0 Å². The van der Waals surface area contributed by atoms with Crippen molar-refractivity contribution in [3.63, 3.8) is 0 Å². The smallest absolute Gasteiger partial charge is 0.292 e. The van der Waals surface area contributed by atoms with Gasteiger partial charge in [-0.2, -0.15) is 0 Å². The number of nitrogens with two attached hydrogens (primary N) is 2. The van der Waals surface area contributed by atoms with Gasteiger partial charge in [0.2, 0.25) is 0 Å². The van der Waals surface area contributed by atoms with Crippen LogP contribution in [0.25, 0.3) is 0 Å². The van der Waals surface area contributed by atoms with Crippen LogP contribution in [-0.2, 0) is 0 Å². The van der Waals surface area contributed by atoms with Gasteiger partial charge in [-0.25, -0.2) is 0 Å². The molecule has 2 aromatic rings. The van der Waals surface area contributed by atoms with Crippen LogP contribution in [0.2, 0.25) is 0 Å². The quantitative estimate of drug-likeness (QED) is 0.430. The first-order valence-corrected chi connectivity index (χ1v) is 6.66. The molecule has 0 aliphatic rings. The standard InChI is InChI=1S/C15H18N4O2/c16-13(11-4-2-1-3-5-11)8-9-18-12-6-7-15(19(20)21)14(17)10-12/h1-7,10,13,18H,8-9,16-17H2. The number of hydrogen-bond acceptors (Lipinski definition) is 5. The Morgan fingerprint density at radius 3 is 2.52 bits per heavy atom. The number of hydrogen-bond donors (Lipinski definition) is 3. The predicted molar refractivity (Wildman–Crippen MR) is 84.0 cm³/mol. The van der Waals surface area contributed by atoms with Crippen molar-refractivity contribution in [3.05, 3.63) is 64.2 Å². The molecule has 0 bridgehead atoms. The van der Waals surface area contributed by atoms with Crippen LogP contribution in [0.5, 0.6) is 0 Å². The monoisotopic (exact) mass is 286 g/mol. The number of nitrogen functional groups attached to an aromatic ring is 1. The third-order valence-electron chi connectivity index (χ3n) is 3.24. The van der Waals surface area contributed by atoms with Crippen LogP contribution >= 0.6 is 0 Å². The third-order valence-corrected chi connectivity index (χ3v) is 3.24. The minimum absolute atomic E-state index is 0.0471. The topological polar surface area (TPSA) is 107 Å². The molecule has 0 saturated heterocycles. The summed E-state index contributed by atoms with van der Waals surface area (Å²) in [7, 11) is 0. The summed E-state index contributed by atoms with van der Waals surface area (Å²) in [4.78, 5) is 10.2. The Labute approximate surface area is 122 Å². The minimum Gasteiger partial charge on any atom is -0.393 e. The molecule has 0 aliphatic carbocycles. The molecule has 6 nitrogen and oxygen atoms in total. The van der Waals surface area contributed by atoms with Gasteiger partial charge in [0.05, 0.1) is 4.92 Å². The van der Waals surface area contributed by atoms with E-state index in [1.54, 1.807) is 12.1 Å². The van der Waals surface area contributed by atoms with E-state index in [4.69, 9.17) is 11.5 Å². The highest BCUT2D eigenvalue weighted by Gasteiger charge is 2.11. The van der Waals surface area contributed by atoms with Crippen LogP contribution in [0, 0.1) is 10.1 Å². The van der Waals surface area contributed by atoms with E-state index in [0.29, 0.717) is 6.54 Å². The Balaban J connectivity index is 1.89. The van der Waals surface area contributed by atoms with E-state index in [2.05, 4.69) is 5.32 Å². The summed E-state index contributed by atoms with van der Waals surface area (Å²) in [6.45, 7) is 0.660. The molecule has 0 saturated carbocycles. The van der Waals surface area contributed by atoms with Gasteiger partial charge in [-0.3, -0.25) is 10.1 Å². The Morgan fingerprint density at radius 2 is 1.90 bits per heavy atom. The van der Waals surface area contributed by atoms with Gasteiger partial charge in [-0.05, 0) is 24.1 Å². The van der Waals surface area contributed by atoms with E-state index in [1.807, 2.05) is 30.3 Å². The van der Waals surface area contributed by atoms with Crippen LogP contribution in [0.1, 0.15) is 18.0 Å². The van der Waals surface area contributed by atoms with Crippen LogP contribution in [0.3, 0.4) is 0 Å². The van der Waals surface area contributed by atoms with Gasteiger partial charge in [0.15, 0.2) is 0 Å². The van der Waals surface area contributed by atoms with E-state index in [-0.39, 0.29) is 17.4 Å². The highest BCUT2D eigenvalue weighted by molar-refractivity contribution is 5.65. The SMILES string of the molecule is Nc1cc(NCCC(N)c2ccccc2)ccc1[N+](=O)[O-]. The molecule has 110 valence electrons. The molecular weight excluding hydrogens is 268 g/mol. The Hall–Kier alpha value is -2.60. The highest BCUT2D eigenvalue weighted by atomic mass is 16.6. The average Bonchev–Trinajstić information content (AvgIpc) is 2.47. The first kappa shape index (κ1) is 14.8. The lowest BCUT2D eigenvalue weighted by atomic mass is 10.1. The van der Waals surface area contributed by atoms with E-state index in [1.165, 1.54) is 6.07 Å². The maximum Gasteiger partial charge on any atom is 0.292 e. The molecular formula is C15H18N4O2. The number of rotatable bonds is 6. The first-order chi connectivity index (χ1) is 10.1. The summed E-state index contributed by atoms with van der Waals surface area (Å²) in [6, 6.07) is 14.4. The lowest BCUT2D eigenvalue weighted by Crippen LogP contribution is -2.15. The first-order valence-electron chi connectivity index (χ1n) is 6.66. The zero-order chi connectivity index (χ0) is 15.2. The maximum atomic E-state index is 10.7. The summed E-state index contributed by atoms with van der Waals surface area (Å²) >= 11 is 0. The van der Waals surface area contributed by atoms with Gasteiger partial charge < -0.3 is 16.8 Å². The molecule has 6 heteroatoms. The number of benzene rings is 2. The lowest BCUT2D eigenvalue weighted by Gasteiger charge is -2.13. The van der Waals surface area contributed by atoms with E-state index in [0.717, 1.165) is 17.7 Å². The Morgan fingerprint density at radius 1 is 1.19 bits per heavy atom. The van der Waals surface area contributed by atoms with Crippen LogP contribution < -0.4 is 16.8 Å². The number of nitro groups is 1. The van der Waals surface area contributed by atoms with E-state index >= 15 is 0 Å². The molecule has 0 radical (unpaired) electrons. The maximum absolute atomic E-state index is 10.7. The van der Waals surface area contributed by atoms with Crippen LogP contribution in [0.15, 0.2) is 48.5 Å². The fourth-order valence-corrected chi connectivity index (χ4v) is 2.07. The summed E-state index contributed by atoms with van der Waals surface area (Å²) in [5.74, 6) is 0. The highest BCUT2D eigenvalue weighted by Crippen LogP contribution is 2.24. The second-order valence-electron chi connectivity index (χ2n) is 4.76. The molecule has 5 N–H and O–H groups in total. The molecule has 0 aliphatic heterocycles.